The van der Waals surface area contributed by atoms with Crippen molar-refractivity contribution >= 4 is 0 Å². The molecule has 0 saturated heterocycles. The van der Waals surface area contributed by atoms with E-state index in [1.54, 1.807) is 0 Å². The molecule has 0 radical (unpaired) electrons. The first-order chi connectivity index (χ1) is 8.90. The highest BCUT2D eigenvalue weighted by Gasteiger charge is 2.20. The molecule has 1 aromatic carbocycles. The minimum atomic E-state index is 0.750. The monoisotopic (exact) mass is 241 g/mol. The molecule has 0 bridgehead atoms. The van der Waals surface area contributed by atoms with E-state index in [-0.39, 0.29) is 0 Å². The van der Waals surface area contributed by atoms with Crippen molar-refractivity contribution in [3.05, 3.63) is 54.1 Å². The molecule has 18 heavy (non-hydrogen) atoms. The normalized spacial score (nSPS) is 14.9. The first-order valence-corrected chi connectivity index (χ1v) is 6.68. The van der Waals surface area contributed by atoms with Gasteiger partial charge in [0.15, 0.2) is 0 Å². The van der Waals surface area contributed by atoms with Gasteiger partial charge >= 0.3 is 0 Å². The molecule has 0 unspecified atom stereocenters. The van der Waals surface area contributed by atoms with Gasteiger partial charge in [0, 0.05) is 25.3 Å². The van der Waals surface area contributed by atoms with E-state index in [1.165, 1.54) is 18.4 Å². The van der Waals surface area contributed by atoms with Gasteiger partial charge < -0.3 is 9.88 Å². The quantitative estimate of drug-likeness (QED) is 0.841. The first kappa shape index (κ1) is 11.5. The van der Waals surface area contributed by atoms with Crippen LogP contribution in [0.3, 0.4) is 0 Å². The van der Waals surface area contributed by atoms with Gasteiger partial charge in [-0.15, -0.1) is 0 Å². The van der Waals surface area contributed by atoms with E-state index in [0.717, 1.165) is 31.2 Å². The van der Waals surface area contributed by atoms with E-state index in [2.05, 4.69) is 51.4 Å². The van der Waals surface area contributed by atoms with Crippen LogP contribution in [0.15, 0.2) is 42.9 Å². The van der Waals surface area contributed by atoms with Crippen molar-refractivity contribution in [3.63, 3.8) is 0 Å². The molecule has 1 heterocycles. The number of imidazole rings is 1. The summed E-state index contributed by atoms with van der Waals surface area (Å²) in [4.78, 5) is 4.43. The maximum absolute atomic E-state index is 4.43. The molecular weight excluding hydrogens is 222 g/mol. The molecule has 3 heteroatoms. The van der Waals surface area contributed by atoms with Gasteiger partial charge in [0.1, 0.15) is 0 Å². The van der Waals surface area contributed by atoms with Crippen molar-refractivity contribution < 1.29 is 0 Å². The summed E-state index contributed by atoms with van der Waals surface area (Å²) in [7, 11) is 0. The molecular formula is C15H19N3. The van der Waals surface area contributed by atoms with Gasteiger partial charge in [-0.05, 0) is 24.8 Å². The number of hydrogen-bond acceptors (Lipinski definition) is 2. The Bertz CT molecular complexity index is 485. The maximum atomic E-state index is 4.43. The van der Waals surface area contributed by atoms with Crippen LogP contribution in [0.1, 0.15) is 24.1 Å². The lowest BCUT2D eigenvalue weighted by molar-refractivity contribution is 0.671. The van der Waals surface area contributed by atoms with Crippen molar-refractivity contribution in [2.45, 2.75) is 38.4 Å². The van der Waals surface area contributed by atoms with Crippen LogP contribution in [0.25, 0.3) is 0 Å². The van der Waals surface area contributed by atoms with Gasteiger partial charge in [-0.25, -0.2) is 4.98 Å². The summed E-state index contributed by atoms with van der Waals surface area (Å²) in [5.41, 5.74) is 2.53. The van der Waals surface area contributed by atoms with Crippen molar-refractivity contribution in [2.75, 3.05) is 0 Å². The van der Waals surface area contributed by atoms with E-state index in [9.17, 15) is 0 Å². The molecule has 0 atom stereocenters. The molecule has 3 rings (SSSR count). The maximum Gasteiger partial charge on any atom is 0.0950 e. The highest BCUT2D eigenvalue weighted by molar-refractivity contribution is 5.14. The van der Waals surface area contributed by atoms with Crippen LogP contribution >= 0.6 is 0 Å². The van der Waals surface area contributed by atoms with Crippen LogP contribution in [-0.2, 0) is 19.5 Å². The fourth-order valence-electron chi connectivity index (χ4n) is 2.06. The molecule has 94 valence electrons. The first-order valence-electron chi connectivity index (χ1n) is 6.68. The van der Waals surface area contributed by atoms with Crippen molar-refractivity contribution in [1.29, 1.82) is 0 Å². The largest absolute Gasteiger partial charge is 0.337 e. The molecule has 1 N–H and O–H groups in total. The van der Waals surface area contributed by atoms with E-state index in [0.29, 0.717) is 0 Å². The van der Waals surface area contributed by atoms with Gasteiger partial charge in [0.2, 0.25) is 0 Å². The molecule has 3 nitrogen and oxygen atoms in total. The summed E-state index contributed by atoms with van der Waals surface area (Å²) in [6.45, 7) is 1.91. The van der Waals surface area contributed by atoms with Gasteiger partial charge in [0.25, 0.3) is 0 Å². The van der Waals surface area contributed by atoms with Crippen molar-refractivity contribution in [3.8, 4) is 0 Å². The lowest BCUT2D eigenvalue weighted by Crippen LogP contribution is -2.15. The van der Waals surface area contributed by atoms with Gasteiger partial charge in [-0.2, -0.15) is 0 Å². The van der Waals surface area contributed by atoms with Crippen LogP contribution in [0.5, 0.6) is 0 Å². The number of nitrogens with one attached hydrogen (secondary N) is 1. The van der Waals surface area contributed by atoms with Crippen molar-refractivity contribution in [2.24, 2.45) is 0 Å². The van der Waals surface area contributed by atoms with Gasteiger partial charge in [0.05, 0.1) is 12.0 Å². The molecule has 1 saturated carbocycles. The second-order valence-electron chi connectivity index (χ2n) is 4.99. The molecule has 1 aromatic heterocycles. The zero-order valence-corrected chi connectivity index (χ0v) is 10.5. The van der Waals surface area contributed by atoms with E-state index in [4.69, 9.17) is 0 Å². The number of nitrogens with zero attached hydrogens (tertiary/aromatic N) is 2. The zero-order valence-electron chi connectivity index (χ0n) is 10.5. The van der Waals surface area contributed by atoms with Crippen LogP contribution < -0.4 is 5.32 Å². The Balaban J connectivity index is 1.50. The molecule has 0 aliphatic heterocycles. The van der Waals surface area contributed by atoms with E-state index in [1.807, 2.05) is 6.33 Å². The summed E-state index contributed by atoms with van der Waals surface area (Å²) in [5, 5.41) is 3.48. The predicted octanol–water partition coefficient (Wildman–Crippen LogP) is 2.38. The fraction of sp³-hybridized carbons (Fsp3) is 0.400. The lowest BCUT2D eigenvalue weighted by atomic mass is 10.1. The lowest BCUT2D eigenvalue weighted by Gasteiger charge is -2.02. The smallest absolute Gasteiger partial charge is 0.0950 e. The second-order valence-corrected chi connectivity index (χ2v) is 4.99. The summed E-state index contributed by atoms with van der Waals surface area (Å²) < 4.78 is 2.18. The summed E-state index contributed by atoms with van der Waals surface area (Å²) in [6, 6.07) is 11.3. The van der Waals surface area contributed by atoms with Crippen LogP contribution in [0.2, 0.25) is 0 Å². The van der Waals surface area contributed by atoms with Crippen LogP contribution in [-0.4, -0.2) is 15.6 Å². The topological polar surface area (TPSA) is 29.9 Å². The fourth-order valence-corrected chi connectivity index (χ4v) is 2.06. The molecule has 2 aromatic rings. The molecule has 0 spiro atoms. The Morgan fingerprint density at radius 2 is 2.06 bits per heavy atom. The van der Waals surface area contributed by atoms with Crippen LogP contribution in [0.4, 0.5) is 0 Å². The number of hydrogen-bond donors (Lipinski definition) is 1. The third-order valence-corrected chi connectivity index (χ3v) is 3.34. The summed E-state index contributed by atoms with van der Waals surface area (Å²) >= 11 is 0. The van der Waals surface area contributed by atoms with Gasteiger partial charge in [-0.3, -0.25) is 0 Å². The second kappa shape index (κ2) is 5.36. The van der Waals surface area contributed by atoms with Gasteiger partial charge in [-0.1, -0.05) is 30.3 Å². The Labute approximate surface area is 108 Å². The zero-order chi connectivity index (χ0) is 12.2. The highest BCUT2D eigenvalue weighted by atomic mass is 15.1. The number of rotatable bonds is 6. The van der Waals surface area contributed by atoms with E-state index >= 15 is 0 Å². The van der Waals surface area contributed by atoms with Crippen molar-refractivity contribution in [1.82, 2.24) is 14.9 Å². The highest BCUT2D eigenvalue weighted by Crippen LogP contribution is 2.18. The minimum Gasteiger partial charge on any atom is -0.337 e. The Hall–Kier alpha value is -1.61. The van der Waals surface area contributed by atoms with E-state index < -0.39 is 0 Å². The Morgan fingerprint density at radius 3 is 2.83 bits per heavy atom. The molecule has 1 aliphatic rings. The minimum absolute atomic E-state index is 0.750. The van der Waals surface area contributed by atoms with Crippen LogP contribution in [0, 0.1) is 0 Å². The SMILES string of the molecule is c1ccc(CCn2cnc(CNC3CC3)c2)cc1. The number of aromatic nitrogens is 2. The summed E-state index contributed by atoms with van der Waals surface area (Å²) in [6.07, 6.45) is 7.81. The Kier molecular flexibility index (Phi) is 3.42. The number of benzene rings is 1. The number of aryl methyl sites for hydroxylation is 2. The third kappa shape index (κ3) is 3.20. The Morgan fingerprint density at radius 1 is 1.22 bits per heavy atom. The predicted molar refractivity (Wildman–Crippen MR) is 72.2 cm³/mol. The average molecular weight is 241 g/mol. The standard InChI is InChI=1S/C15H19N3/c1-2-4-13(5-3-1)8-9-18-11-15(17-12-18)10-16-14-6-7-14/h1-5,11-12,14,16H,6-10H2. The average Bonchev–Trinajstić information content (AvgIpc) is 3.14. The molecule has 1 aliphatic carbocycles. The summed E-state index contributed by atoms with van der Waals surface area (Å²) in [5.74, 6) is 0. The molecule has 1 fully saturated rings. The third-order valence-electron chi connectivity index (χ3n) is 3.34. The molecule has 0 amide bonds.